The third kappa shape index (κ3) is 4.39. The predicted octanol–water partition coefficient (Wildman–Crippen LogP) is 4.86. The van der Waals surface area contributed by atoms with Crippen molar-refractivity contribution in [3.05, 3.63) is 58.0 Å². The lowest BCUT2D eigenvalue weighted by atomic mass is 10.3. The molecule has 2 aromatic rings. The fourth-order valence-corrected chi connectivity index (χ4v) is 3.72. The minimum absolute atomic E-state index is 0.109. The van der Waals surface area contributed by atoms with Gasteiger partial charge in [-0.2, -0.15) is 13.2 Å². The molecule has 0 atom stereocenters. The monoisotopic (exact) mass is 427 g/mol. The molecule has 0 bridgehead atoms. The molecule has 0 aliphatic rings. The Bertz CT molecular complexity index is 797. The molecule has 0 amide bonds. The highest BCUT2D eigenvalue weighted by molar-refractivity contribution is 9.10. The van der Waals surface area contributed by atoms with E-state index in [1.165, 1.54) is 36.4 Å². The summed E-state index contributed by atoms with van der Waals surface area (Å²) in [6.07, 6.45) is -4.71. The summed E-state index contributed by atoms with van der Waals surface area (Å²) < 4.78 is 64.5. The van der Waals surface area contributed by atoms with Crippen molar-refractivity contribution < 1.29 is 21.6 Å². The fraction of sp³-hybridized carbons (Fsp3) is 0.143. The van der Waals surface area contributed by atoms with Crippen molar-refractivity contribution in [1.82, 2.24) is 0 Å². The van der Waals surface area contributed by atoms with Gasteiger partial charge in [0.2, 0.25) is 0 Å². The van der Waals surface area contributed by atoms with Gasteiger partial charge in [-0.05, 0) is 46.3 Å². The molecule has 3 nitrogen and oxygen atoms in total. The normalized spacial score (nSPS) is 12.2. The Kier molecular flexibility index (Phi) is 5.27. The van der Waals surface area contributed by atoms with E-state index in [2.05, 4.69) is 15.9 Å². The van der Waals surface area contributed by atoms with Gasteiger partial charge in [-0.15, -0.1) is 0 Å². The van der Waals surface area contributed by atoms with Crippen molar-refractivity contribution in [2.75, 3.05) is 10.8 Å². The summed E-state index contributed by atoms with van der Waals surface area (Å²) in [4.78, 5) is -0.233. The summed E-state index contributed by atoms with van der Waals surface area (Å²) in [5, 5.41) is 0.109. The second-order valence-electron chi connectivity index (χ2n) is 4.54. The van der Waals surface area contributed by atoms with E-state index < -0.39 is 22.7 Å². The summed E-state index contributed by atoms with van der Waals surface area (Å²) in [6, 6.07) is 10.7. The van der Waals surface area contributed by atoms with Crippen molar-refractivity contribution in [3.8, 4) is 0 Å². The first-order valence-corrected chi connectivity index (χ1v) is 8.82. The highest BCUT2D eigenvalue weighted by Gasteiger charge is 2.37. The maximum atomic E-state index is 12.9. The number of hydrogen-bond donors (Lipinski definition) is 0. The van der Waals surface area contributed by atoms with Gasteiger partial charge in [0.25, 0.3) is 10.0 Å². The van der Waals surface area contributed by atoms with E-state index in [1.807, 2.05) is 0 Å². The highest BCUT2D eigenvalue weighted by atomic mass is 79.9. The van der Waals surface area contributed by atoms with Gasteiger partial charge in [0.15, 0.2) is 0 Å². The van der Waals surface area contributed by atoms with Crippen LogP contribution in [0, 0.1) is 0 Å². The third-order valence-corrected chi connectivity index (χ3v) is 5.87. The Hall–Kier alpha value is -1.25. The van der Waals surface area contributed by atoms with Crippen LogP contribution in [0.3, 0.4) is 0 Å². The van der Waals surface area contributed by atoms with Crippen LogP contribution in [-0.2, 0) is 10.0 Å². The molecule has 2 aromatic carbocycles. The van der Waals surface area contributed by atoms with E-state index >= 15 is 0 Å². The molecule has 0 fully saturated rings. The number of halogens is 5. The number of alkyl halides is 3. The number of anilines is 1. The number of nitrogens with zero attached hydrogens (tertiary/aromatic N) is 1. The molecule has 9 heteroatoms. The van der Waals surface area contributed by atoms with Crippen LogP contribution in [0.4, 0.5) is 18.9 Å². The molecule has 0 heterocycles. The second kappa shape index (κ2) is 6.70. The van der Waals surface area contributed by atoms with Crippen LogP contribution in [0.5, 0.6) is 0 Å². The zero-order chi connectivity index (χ0) is 17.3. The summed E-state index contributed by atoms with van der Waals surface area (Å²) in [7, 11) is -4.38. The van der Waals surface area contributed by atoms with Crippen LogP contribution >= 0.6 is 27.5 Å². The average molecular weight is 429 g/mol. The number of hydrogen-bond acceptors (Lipinski definition) is 2. The molecule has 0 aliphatic carbocycles. The predicted molar refractivity (Wildman–Crippen MR) is 86.2 cm³/mol. The van der Waals surface area contributed by atoms with E-state index in [9.17, 15) is 21.6 Å². The third-order valence-electron chi connectivity index (χ3n) is 2.85. The second-order valence-corrected chi connectivity index (χ2v) is 7.66. The Morgan fingerprint density at radius 3 is 2.22 bits per heavy atom. The molecule has 0 aromatic heterocycles. The van der Waals surface area contributed by atoms with Crippen LogP contribution in [0.2, 0.25) is 5.02 Å². The molecule has 0 N–H and O–H groups in total. The minimum atomic E-state index is -4.71. The van der Waals surface area contributed by atoms with Gasteiger partial charge in [-0.25, -0.2) is 8.42 Å². The van der Waals surface area contributed by atoms with Gasteiger partial charge in [-0.3, -0.25) is 4.31 Å². The van der Waals surface area contributed by atoms with Gasteiger partial charge in [-0.1, -0.05) is 29.8 Å². The van der Waals surface area contributed by atoms with Crippen molar-refractivity contribution in [1.29, 1.82) is 0 Å². The van der Waals surface area contributed by atoms with E-state index in [-0.39, 0.29) is 15.6 Å². The van der Waals surface area contributed by atoms with Crippen LogP contribution in [0.1, 0.15) is 0 Å². The molecule has 0 spiro atoms. The molecular formula is C14H10BrClF3NO2S. The van der Waals surface area contributed by atoms with Gasteiger partial charge >= 0.3 is 6.18 Å². The first-order valence-electron chi connectivity index (χ1n) is 6.21. The smallest absolute Gasteiger partial charge is 0.257 e. The average Bonchev–Trinajstić information content (AvgIpc) is 2.48. The van der Waals surface area contributed by atoms with Crippen LogP contribution in [0.25, 0.3) is 0 Å². The quantitative estimate of drug-likeness (QED) is 0.697. The van der Waals surface area contributed by atoms with Gasteiger partial charge < -0.3 is 0 Å². The van der Waals surface area contributed by atoms with E-state index in [0.29, 0.717) is 8.78 Å². The highest BCUT2D eigenvalue weighted by Crippen LogP contribution is 2.32. The molecule has 0 saturated carbocycles. The molecule has 2 rings (SSSR count). The lowest BCUT2D eigenvalue weighted by Gasteiger charge is -2.25. The van der Waals surface area contributed by atoms with Crippen LogP contribution in [0.15, 0.2) is 57.9 Å². The zero-order valence-corrected chi connectivity index (χ0v) is 14.5. The Morgan fingerprint density at radius 2 is 1.70 bits per heavy atom. The maximum Gasteiger partial charge on any atom is 0.407 e. The van der Waals surface area contributed by atoms with Crippen molar-refractivity contribution in [2.24, 2.45) is 0 Å². The topological polar surface area (TPSA) is 37.4 Å². The van der Waals surface area contributed by atoms with Crippen molar-refractivity contribution in [2.45, 2.75) is 11.1 Å². The maximum absolute atomic E-state index is 12.9. The van der Waals surface area contributed by atoms with Gasteiger partial charge in [0, 0.05) is 4.47 Å². The Morgan fingerprint density at radius 1 is 1.09 bits per heavy atom. The first kappa shape index (κ1) is 18.1. The Balaban J connectivity index is 2.56. The summed E-state index contributed by atoms with van der Waals surface area (Å²) in [5.74, 6) is 0. The van der Waals surface area contributed by atoms with Crippen LogP contribution < -0.4 is 4.31 Å². The van der Waals surface area contributed by atoms with Crippen LogP contribution in [-0.4, -0.2) is 21.1 Å². The standard InChI is InChI=1S/C14H10BrClF3NO2S/c15-12-7-6-10(8-13(12)16)20(9-14(17,18)19)23(21,22)11-4-2-1-3-5-11/h1-8H,9H2. The number of rotatable bonds is 4. The molecule has 23 heavy (non-hydrogen) atoms. The minimum Gasteiger partial charge on any atom is -0.257 e. The zero-order valence-electron chi connectivity index (χ0n) is 11.4. The molecule has 0 radical (unpaired) electrons. The van der Waals surface area contributed by atoms with Gasteiger partial charge in [0.1, 0.15) is 6.54 Å². The summed E-state index contributed by atoms with van der Waals surface area (Å²) in [6.45, 7) is -1.65. The van der Waals surface area contributed by atoms with Crippen molar-refractivity contribution in [3.63, 3.8) is 0 Å². The molecule has 0 saturated heterocycles. The Labute approximate surface area is 144 Å². The van der Waals surface area contributed by atoms with E-state index in [0.717, 1.165) is 6.07 Å². The summed E-state index contributed by atoms with van der Waals surface area (Å²) in [5.41, 5.74) is -0.167. The number of sulfonamides is 1. The molecule has 124 valence electrons. The summed E-state index contributed by atoms with van der Waals surface area (Å²) >= 11 is 8.99. The van der Waals surface area contributed by atoms with Gasteiger partial charge in [0.05, 0.1) is 15.6 Å². The molecular weight excluding hydrogens is 419 g/mol. The van der Waals surface area contributed by atoms with Crippen molar-refractivity contribution >= 4 is 43.2 Å². The first-order chi connectivity index (χ1) is 10.6. The SMILES string of the molecule is O=S(=O)(c1ccccc1)N(CC(F)(F)F)c1ccc(Br)c(Cl)c1. The lowest BCUT2D eigenvalue weighted by Crippen LogP contribution is -2.39. The largest absolute Gasteiger partial charge is 0.407 e. The fourth-order valence-electron chi connectivity index (χ4n) is 1.84. The number of benzene rings is 2. The molecule has 0 unspecified atom stereocenters. The lowest BCUT2D eigenvalue weighted by molar-refractivity contribution is -0.117. The van der Waals surface area contributed by atoms with E-state index in [4.69, 9.17) is 11.6 Å². The van der Waals surface area contributed by atoms with E-state index in [1.54, 1.807) is 6.07 Å². The molecule has 0 aliphatic heterocycles.